The van der Waals surface area contributed by atoms with E-state index in [1.54, 1.807) is 0 Å². The van der Waals surface area contributed by atoms with Gasteiger partial charge in [-0.3, -0.25) is 4.90 Å². The largest absolute Gasteiger partial charge is 0.322 e. The Labute approximate surface area is 178 Å². The Morgan fingerprint density at radius 2 is 1.97 bits per heavy atom. The molecule has 0 aliphatic carbocycles. The van der Waals surface area contributed by atoms with Crippen molar-refractivity contribution >= 4 is 38.8 Å². The van der Waals surface area contributed by atoms with Gasteiger partial charge in [0.05, 0.1) is 0 Å². The van der Waals surface area contributed by atoms with Gasteiger partial charge in [0, 0.05) is 62.0 Å². The molecule has 1 aliphatic heterocycles. The minimum absolute atomic E-state index is 0.0409. The number of hydrogen-bond acceptors (Lipinski definition) is 4. The molecule has 0 spiro atoms. The number of piperazine rings is 1. The molecule has 0 radical (unpaired) electrons. The number of carbonyl (C=O) groups is 1. The monoisotopic (exact) mass is 456 g/mol. The van der Waals surface area contributed by atoms with Crippen LogP contribution >= 0.6 is 15.9 Å². The van der Waals surface area contributed by atoms with Crippen molar-refractivity contribution in [2.75, 3.05) is 38.0 Å². The zero-order chi connectivity index (χ0) is 20.2. The molecule has 0 bridgehead atoms. The Bertz CT molecular complexity index is 996. The summed E-state index contributed by atoms with van der Waals surface area (Å²) in [6.07, 6.45) is 2.71. The molecule has 0 unspecified atom stereocenters. The molecule has 3 heterocycles. The van der Waals surface area contributed by atoms with Crippen LogP contribution in [0.5, 0.6) is 0 Å². The Balaban J connectivity index is 1.31. The van der Waals surface area contributed by atoms with Gasteiger partial charge < -0.3 is 14.8 Å². The summed E-state index contributed by atoms with van der Waals surface area (Å²) in [5.74, 6) is 1.07. The van der Waals surface area contributed by atoms with Crippen molar-refractivity contribution in [3.8, 4) is 0 Å². The van der Waals surface area contributed by atoms with Crippen molar-refractivity contribution in [1.29, 1.82) is 0 Å². The van der Waals surface area contributed by atoms with Crippen LogP contribution in [-0.2, 0) is 13.0 Å². The van der Waals surface area contributed by atoms with Crippen LogP contribution in [-0.4, -0.2) is 63.1 Å². The average molecular weight is 457 g/mol. The number of hydrogen-bond donors (Lipinski definition) is 1. The van der Waals surface area contributed by atoms with E-state index in [2.05, 4.69) is 42.6 Å². The minimum Gasteiger partial charge on any atom is -0.322 e. The van der Waals surface area contributed by atoms with Crippen LogP contribution in [0.25, 0.3) is 11.2 Å². The van der Waals surface area contributed by atoms with Crippen molar-refractivity contribution in [2.24, 2.45) is 0 Å². The number of pyridine rings is 1. The maximum Gasteiger partial charge on any atom is 0.321 e. The third-order valence-corrected chi connectivity index (χ3v) is 5.77. The average Bonchev–Trinajstić information content (AvgIpc) is 3.10. The number of benzene rings is 1. The fourth-order valence-corrected chi connectivity index (χ4v) is 4.09. The van der Waals surface area contributed by atoms with E-state index < -0.39 is 0 Å². The van der Waals surface area contributed by atoms with E-state index in [0.29, 0.717) is 0 Å². The van der Waals surface area contributed by atoms with Gasteiger partial charge in [0.2, 0.25) is 0 Å². The molecule has 8 heteroatoms. The van der Waals surface area contributed by atoms with Crippen molar-refractivity contribution < 1.29 is 4.79 Å². The standard InChI is InChI=1S/C21H25BrN6O/c1-2-19-25-18-7-4-8-23-20(18)28(19)14-11-26-9-12-27(13-10-26)21(29)24-17-6-3-5-16(22)15-17/h3-8,15H,2,9-14H2,1H3,(H,24,29). The van der Waals surface area contributed by atoms with Gasteiger partial charge in [-0.05, 0) is 30.3 Å². The van der Waals surface area contributed by atoms with Crippen molar-refractivity contribution in [2.45, 2.75) is 19.9 Å². The van der Waals surface area contributed by atoms with Crippen LogP contribution in [0.2, 0.25) is 0 Å². The summed E-state index contributed by atoms with van der Waals surface area (Å²) in [5, 5.41) is 2.97. The van der Waals surface area contributed by atoms with Crippen molar-refractivity contribution in [3.05, 3.63) is 52.9 Å². The lowest BCUT2D eigenvalue weighted by Gasteiger charge is -2.34. The second kappa shape index (κ2) is 8.92. The second-order valence-corrected chi connectivity index (χ2v) is 8.06. The number of fused-ring (bicyclic) bond motifs is 1. The van der Waals surface area contributed by atoms with E-state index in [-0.39, 0.29) is 6.03 Å². The molecule has 4 rings (SSSR count). The highest BCUT2D eigenvalue weighted by Crippen LogP contribution is 2.17. The normalized spacial score (nSPS) is 15.0. The highest BCUT2D eigenvalue weighted by Gasteiger charge is 2.21. The summed E-state index contributed by atoms with van der Waals surface area (Å²) in [7, 11) is 0. The topological polar surface area (TPSA) is 66.3 Å². The molecule has 3 aromatic rings. The molecular weight excluding hydrogens is 432 g/mol. The number of nitrogens with zero attached hydrogens (tertiary/aromatic N) is 5. The molecule has 1 N–H and O–H groups in total. The summed E-state index contributed by atoms with van der Waals surface area (Å²) in [6.45, 7) is 7.10. The lowest BCUT2D eigenvalue weighted by molar-refractivity contribution is 0.144. The number of amides is 2. The molecule has 0 saturated carbocycles. The second-order valence-electron chi connectivity index (χ2n) is 7.15. The SMILES string of the molecule is CCc1nc2cccnc2n1CCN1CCN(C(=O)Nc2cccc(Br)c2)CC1. The Morgan fingerprint density at radius 3 is 2.72 bits per heavy atom. The van der Waals surface area contributed by atoms with E-state index in [0.717, 1.165) is 72.8 Å². The molecule has 1 aromatic carbocycles. The van der Waals surface area contributed by atoms with Gasteiger partial charge in [0.15, 0.2) is 5.65 Å². The lowest BCUT2D eigenvalue weighted by Crippen LogP contribution is -2.50. The van der Waals surface area contributed by atoms with Crippen LogP contribution in [0.1, 0.15) is 12.7 Å². The predicted molar refractivity (Wildman–Crippen MR) is 118 cm³/mol. The van der Waals surface area contributed by atoms with E-state index >= 15 is 0 Å². The van der Waals surface area contributed by atoms with Crippen LogP contribution < -0.4 is 5.32 Å². The number of carbonyl (C=O) groups excluding carboxylic acids is 1. The Morgan fingerprint density at radius 1 is 1.14 bits per heavy atom. The van der Waals surface area contributed by atoms with Gasteiger partial charge >= 0.3 is 6.03 Å². The van der Waals surface area contributed by atoms with E-state index in [1.165, 1.54) is 0 Å². The Hall–Kier alpha value is -2.45. The van der Waals surface area contributed by atoms with Gasteiger partial charge in [-0.2, -0.15) is 0 Å². The van der Waals surface area contributed by atoms with Crippen molar-refractivity contribution in [3.63, 3.8) is 0 Å². The summed E-state index contributed by atoms with van der Waals surface area (Å²) in [4.78, 5) is 26.0. The highest BCUT2D eigenvalue weighted by molar-refractivity contribution is 9.10. The fraction of sp³-hybridized carbons (Fsp3) is 0.381. The molecule has 0 atom stereocenters. The lowest BCUT2D eigenvalue weighted by atomic mass is 10.3. The molecule has 29 heavy (non-hydrogen) atoms. The van der Waals surface area contributed by atoms with Gasteiger partial charge in [-0.25, -0.2) is 14.8 Å². The first-order valence-corrected chi connectivity index (χ1v) is 10.8. The summed E-state index contributed by atoms with van der Waals surface area (Å²) in [5.41, 5.74) is 2.72. The van der Waals surface area contributed by atoms with Gasteiger partial charge in [0.25, 0.3) is 0 Å². The molecule has 152 valence electrons. The quantitative estimate of drug-likeness (QED) is 0.636. The third-order valence-electron chi connectivity index (χ3n) is 5.27. The van der Waals surface area contributed by atoms with Crippen molar-refractivity contribution in [1.82, 2.24) is 24.3 Å². The molecule has 1 fully saturated rings. The van der Waals surface area contributed by atoms with Crippen LogP contribution in [0.15, 0.2) is 47.1 Å². The minimum atomic E-state index is -0.0409. The number of halogens is 1. The fourth-order valence-electron chi connectivity index (χ4n) is 3.69. The van der Waals surface area contributed by atoms with Crippen LogP contribution in [0, 0.1) is 0 Å². The highest BCUT2D eigenvalue weighted by atomic mass is 79.9. The first-order chi connectivity index (χ1) is 14.1. The number of aromatic nitrogens is 3. The van der Waals surface area contributed by atoms with Gasteiger partial charge in [0.1, 0.15) is 11.3 Å². The molecule has 2 amide bonds. The number of anilines is 1. The number of imidazole rings is 1. The first kappa shape index (κ1) is 19.8. The van der Waals surface area contributed by atoms with Crippen LogP contribution in [0.4, 0.5) is 10.5 Å². The zero-order valence-corrected chi connectivity index (χ0v) is 18.1. The maximum atomic E-state index is 12.5. The third kappa shape index (κ3) is 4.59. The zero-order valence-electron chi connectivity index (χ0n) is 16.5. The molecule has 7 nitrogen and oxygen atoms in total. The molecule has 1 aliphatic rings. The maximum absolute atomic E-state index is 12.5. The Kier molecular flexibility index (Phi) is 6.10. The van der Waals surface area contributed by atoms with Gasteiger partial charge in [-0.1, -0.05) is 28.9 Å². The van der Waals surface area contributed by atoms with E-state index in [9.17, 15) is 4.79 Å². The summed E-state index contributed by atoms with van der Waals surface area (Å²) >= 11 is 3.43. The summed E-state index contributed by atoms with van der Waals surface area (Å²) < 4.78 is 3.18. The van der Waals surface area contributed by atoms with Crippen LogP contribution in [0.3, 0.4) is 0 Å². The van der Waals surface area contributed by atoms with E-state index in [4.69, 9.17) is 4.98 Å². The summed E-state index contributed by atoms with van der Waals surface area (Å²) in [6, 6.07) is 11.6. The predicted octanol–water partition coefficient (Wildman–Crippen LogP) is 3.61. The number of rotatable bonds is 5. The first-order valence-electron chi connectivity index (χ1n) is 9.98. The van der Waals surface area contributed by atoms with Gasteiger partial charge in [-0.15, -0.1) is 0 Å². The number of nitrogens with one attached hydrogen (secondary N) is 1. The van der Waals surface area contributed by atoms with E-state index in [1.807, 2.05) is 47.5 Å². The molecule has 2 aromatic heterocycles. The number of aryl methyl sites for hydroxylation is 1. The smallest absolute Gasteiger partial charge is 0.321 e. The molecular formula is C21H25BrN6O. The number of urea groups is 1. The molecule has 1 saturated heterocycles.